The zero-order chi connectivity index (χ0) is 20.4. The number of aromatic hydroxyl groups is 2. The van der Waals surface area contributed by atoms with Crippen molar-refractivity contribution >= 4 is 11.9 Å². The van der Waals surface area contributed by atoms with Gasteiger partial charge in [0.2, 0.25) is 0 Å². The Morgan fingerprint density at radius 2 is 1.29 bits per heavy atom. The number of carboxylic acids is 2. The van der Waals surface area contributed by atoms with Crippen LogP contribution in [0.5, 0.6) is 11.5 Å². The van der Waals surface area contributed by atoms with Gasteiger partial charge in [-0.1, -0.05) is 18.9 Å². The van der Waals surface area contributed by atoms with Gasteiger partial charge in [0.05, 0.1) is 10.8 Å². The fourth-order valence-corrected chi connectivity index (χ4v) is 4.17. The molecule has 1 aromatic rings. The van der Waals surface area contributed by atoms with Gasteiger partial charge >= 0.3 is 11.9 Å². The molecule has 0 amide bonds. The average molecular weight is 390 g/mol. The molecule has 0 heterocycles. The van der Waals surface area contributed by atoms with Crippen molar-refractivity contribution in [3.05, 3.63) is 23.3 Å². The number of phenols is 2. The van der Waals surface area contributed by atoms with E-state index in [0.29, 0.717) is 19.3 Å². The molecule has 3 rings (SSSR count). The number of benzene rings is 1. The molecule has 2 aliphatic rings. The lowest BCUT2D eigenvalue weighted by Crippen LogP contribution is -2.14. The fraction of sp³-hybridized carbons (Fsp3) is 0.636. The van der Waals surface area contributed by atoms with Crippen LogP contribution in [0.25, 0.3) is 0 Å². The molecule has 154 valence electrons. The molecule has 0 radical (unpaired) electrons. The van der Waals surface area contributed by atoms with Crippen molar-refractivity contribution in [3.8, 4) is 11.5 Å². The topological polar surface area (TPSA) is 115 Å². The summed E-state index contributed by atoms with van der Waals surface area (Å²) in [5.74, 6) is -1.61. The molecule has 0 unspecified atom stereocenters. The summed E-state index contributed by atoms with van der Waals surface area (Å²) in [6.07, 6.45) is 8.95. The Labute approximate surface area is 165 Å². The van der Waals surface area contributed by atoms with Crippen molar-refractivity contribution in [2.24, 2.45) is 10.8 Å². The summed E-state index contributed by atoms with van der Waals surface area (Å²) >= 11 is 0. The van der Waals surface area contributed by atoms with Crippen molar-refractivity contribution in [3.63, 3.8) is 0 Å². The number of carbonyl (C=O) groups is 2. The molecule has 6 nitrogen and oxygen atoms in total. The van der Waals surface area contributed by atoms with E-state index in [1.54, 1.807) is 0 Å². The third-order valence-corrected chi connectivity index (χ3v) is 6.66. The number of hydrogen-bond acceptors (Lipinski definition) is 4. The van der Waals surface area contributed by atoms with Gasteiger partial charge in [0, 0.05) is 5.56 Å². The van der Waals surface area contributed by atoms with Crippen molar-refractivity contribution in [2.75, 3.05) is 0 Å². The van der Waals surface area contributed by atoms with E-state index in [1.807, 2.05) is 6.07 Å². The summed E-state index contributed by atoms with van der Waals surface area (Å²) in [7, 11) is 0. The van der Waals surface area contributed by atoms with Gasteiger partial charge in [-0.3, -0.25) is 9.59 Å². The maximum Gasteiger partial charge on any atom is 0.309 e. The van der Waals surface area contributed by atoms with Crippen LogP contribution in [0.15, 0.2) is 12.1 Å². The third-order valence-electron chi connectivity index (χ3n) is 6.66. The monoisotopic (exact) mass is 390 g/mol. The molecule has 4 N–H and O–H groups in total. The minimum absolute atomic E-state index is 0.0823. The first-order chi connectivity index (χ1) is 13.3. The van der Waals surface area contributed by atoms with E-state index in [4.69, 9.17) is 0 Å². The number of aryl methyl sites for hydroxylation is 1. The molecule has 2 saturated carbocycles. The fourth-order valence-electron chi connectivity index (χ4n) is 4.17. The maximum atomic E-state index is 11.3. The highest BCUT2D eigenvalue weighted by Gasteiger charge is 2.49. The van der Waals surface area contributed by atoms with Crippen LogP contribution in [-0.2, 0) is 22.4 Å². The summed E-state index contributed by atoms with van der Waals surface area (Å²) in [5, 5.41) is 38.6. The minimum atomic E-state index is -0.705. The third kappa shape index (κ3) is 4.42. The van der Waals surface area contributed by atoms with Gasteiger partial charge in [0.25, 0.3) is 0 Å². The molecule has 2 aliphatic carbocycles. The highest BCUT2D eigenvalue weighted by atomic mass is 16.4. The van der Waals surface area contributed by atoms with Crippen molar-refractivity contribution in [1.29, 1.82) is 0 Å². The maximum absolute atomic E-state index is 11.3. The summed E-state index contributed by atoms with van der Waals surface area (Å²) in [4.78, 5) is 22.5. The molecule has 1 aromatic carbocycles. The molecule has 0 atom stereocenters. The summed E-state index contributed by atoms with van der Waals surface area (Å²) < 4.78 is 0. The van der Waals surface area contributed by atoms with Crippen molar-refractivity contribution < 1.29 is 30.0 Å². The summed E-state index contributed by atoms with van der Waals surface area (Å²) in [6, 6.07) is 3.32. The molecular weight excluding hydrogens is 360 g/mol. The van der Waals surface area contributed by atoms with Gasteiger partial charge in [0.15, 0.2) is 11.5 Å². The second kappa shape index (κ2) is 8.02. The van der Waals surface area contributed by atoms with Crippen LogP contribution in [0.3, 0.4) is 0 Å². The SMILES string of the molecule is O=C(O)C1(CCCCc2ccc(O)c(O)c2CCCCC2(C(=O)O)CC2)CC1. The predicted octanol–water partition coefficient (Wildman–Crippen LogP) is 4.25. The smallest absolute Gasteiger partial charge is 0.309 e. The lowest BCUT2D eigenvalue weighted by Gasteiger charge is -2.14. The molecule has 28 heavy (non-hydrogen) atoms. The van der Waals surface area contributed by atoms with Gasteiger partial charge in [-0.25, -0.2) is 0 Å². The predicted molar refractivity (Wildman–Crippen MR) is 103 cm³/mol. The van der Waals surface area contributed by atoms with Crippen molar-refractivity contribution in [1.82, 2.24) is 0 Å². The van der Waals surface area contributed by atoms with Gasteiger partial charge in [-0.15, -0.1) is 0 Å². The number of hydrogen-bond donors (Lipinski definition) is 4. The van der Waals surface area contributed by atoms with E-state index >= 15 is 0 Å². The Balaban J connectivity index is 1.51. The number of phenolic OH excluding ortho intramolecular Hbond substituents is 2. The summed E-state index contributed by atoms with van der Waals surface area (Å²) in [5.41, 5.74) is 0.699. The van der Waals surface area contributed by atoms with E-state index < -0.39 is 22.8 Å². The van der Waals surface area contributed by atoms with E-state index in [1.165, 1.54) is 6.07 Å². The van der Waals surface area contributed by atoms with Crippen LogP contribution in [0.1, 0.15) is 75.3 Å². The van der Waals surface area contributed by atoms with Crippen molar-refractivity contribution in [2.45, 2.75) is 77.0 Å². The minimum Gasteiger partial charge on any atom is -0.504 e. The number of carboxylic acid groups (broad SMARTS) is 2. The Morgan fingerprint density at radius 1 is 0.786 bits per heavy atom. The zero-order valence-corrected chi connectivity index (χ0v) is 16.2. The molecule has 0 spiro atoms. The number of aliphatic carboxylic acids is 2. The Hall–Kier alpha value is -2.24. The number of unbranched alkanes of at least 4 members (excludes halogenated alkanes) is 2. The molecule has 0 bridgehead atoms. The molecule has 0 aliphatic heterocycles. The highest BCUT2D eigenvalue weighted by Crippen LogP contribution is 2.51. The van der Waals surface area contributed by atoms with E-state index in [-0.39, 0.29) is 11.5 Å². The molecule has 0 saturated heterocycles. The normalized spacial score (nSPS) is 18.6. The first kappa shape index (κ1) is 20.5. The van der Waals surface area contributed by atoms with Crippen LogP contribution < -0.4 is 0 Å². The molecular formula is C22H30O6. The molecule has 0 aromatic heterocycles. The van der Waals surface area contributed by atoms with Gasteiger partial charge in [-0.2, -0.15) is 0 Å². The second-order valence-corrected chi connectivity index (χ2v) is 8.66. The average Bonchev–Trinajstić information content (AvgIpc) is 3.55. The van der Waals surface area contributed by atoms with E-state index in [0.717, 1.165) is 68.9 Å². The Bertz CT molecular complexity index is 746. The van der Waals surface area contributed by atoms with Crippen LogP contribution in [0.4, 0.5) is 0 Å². The number of rotatable bonds is 12. The van der Waals surface area contributed by atoms with Crippen LogP contribution in [0.2, 0.25) is 0 Å². The Kier molecular flexibility index (Phi) is 5.87. The standard InChI is InChI=1S/C22H30O6/c23-17-8-7-15(5-1-3-9-21(11-12-21)19(25)26)16(18(17)24)6-2-4-10-22(13-14-22)20(27)28/h7-8,23-24H,1-6,9-14H2,(H,25,26)(H,27,28). The van der Waals surface area contributed by atoms with Gasteiger partial charge in [-0.05, 0) is 75.8 Å². The lowest BCUT2D eigenvalue weighted by molar-refractivity contribution is -0.144. The largest absolute Gasteiger partial charge is 0.504 e. The Morgan fingerprint density at radius 3 is 1.75 bits per heavy atom. The second-order valence-electron chi connectivity index (χ2n) is 8.66. The van der Waals surface area contributed by atoms with Gasteiger partial charge in [0.1, 0.15) is 0 Å². The molecule has 2 fully saturated rings. The quantitative estimate of drug-likeness (QED) is 0.313. The first-order valence-corrected chi connectivity index (χ1v) is 10.3. The zero-order valence-electron chi connectivity index (χ0n) is 16.2. The van der Waals surface area contributed by atoms with Crippen LogP contribution >= 0.6 is 0 Å². The lowest BCUT2D eigenvalue weighted by atomic mass is 9.92. The van der Waals surface area contributed by atoms with E-state index in [9.17, 15) is 30.0 Å². The molecule has 6 heteroatoms. The first-order valence-electron chi connectivity index (χ1n) is 10.3. The van der Waals surface area contributed by atoms with E-state index in [2.05, 4.69) is 0 Å². The van der Waals surface area contributed by atoms with Gasteiger partial charge < -0.3 is 20.4 Å². The summed E-state index contributed by atoms with van der Waals surface area (Å²) in [6.45, 7) is 0. The van der Waals surface area contributed by atoms with Crippen LogP contribution in [-0.4, -0.2) is 32.4 Å². The highest BCUT2D eigenvalue weighted by molar-refractivity contribution is 5.78. The van der Waals surface area contributed by atoms with Crippen LogP contribution in [0, 0.1) is 10.8 Å².